The number of carbonyl (C=O) groups is 1. The lowest BCUT2D eigenvalue weighted by Gasteiger charge is -2.11. The number of amides is 1. The predicted molar refractivity (Wildman–Crippen MR) is 95.9 cm³/mol. The van der Waals surface area contributed by atoms with Crippen molar-refractivity contribution >= 4 is 5.91 Å². The first-order chi connectivity index (χ1) is 12.6. The van der Waals surface area contributed by atoms with Crippen molar-refractivity contribution in [1.29, 1.82) is 0 Å². The molecule has 3 rings (SSSR count). The van der Waals surface area contributed by atoms with Crippen LogP contribution in [0, 0.1) is 13.8 Å². The molecule has 7 nitrogen and oxygen atoms in total. The van der Waals surface area contributed by atoms with Gasteiger partial charge in [0.25, 0.3) is 5.91 Å². The van der Waals surface area contributed by atoms with Crippen molar-refractivity contribution < 1.29 is 14.1 Å². The van der Waals surface area contributed by atoms with Gasteiger partial charge in [-0.25, -0.2) is 0 Å². The molecule has 0 unspecified atom stereocenters. The van der Waals surface area contributed by atoms with Gasteiger partial charge in [-0.1, -0.05) is 17.3 Å². The van der Waals surface area contributed by atoms with Crippen LogP contribution in [0.5, 0.6) is 5.75 Å². The highest BCUT2D eigenvalue weighted by Crippen LogP contribution is 2.21. The van der Waals surface area contributed by atoms with Crippen molar-refractivity contribution in [3.8, 4) is 5.75 Å². The minimum Gasteiger partial charge on any atom is -0.488 e. The fourth-order valence-corrected chi connectivity index (χ4v) is 2.61. The lowest BCUT2D eigenvalue weighted by molar-refractivity contribution is 0.0948. The van der Waals surface area contributed by atoms with Crippen molar-refractivity contribution in [3.05, 3.63) is 65.3 Å². The summed E-state index contributed by atoms with van der Waals surface area (Å²) in [6, 6.07) is 9.09. The van der Waals surface area contributed by atoms with Crippen molar-refractivity contribution in [3.63, 3.8) is 0 Å². The number of benzene rings is 1. The van der Waals surface area contributed by atoms with Gasteiger partial charge in [0, 0.05) is 25.5 Å². The van der Waals surface area contributed by atoms with E-state index in [0.29, 0.717) is 24.5 Å². The lowest BCUT2D eigenvalue weighted by atomic mass is 10.1. The van der Waals surface area contributed by atoms with E-state index in [1.165, 1.54) is 0 Å². The Bertz CT molecular complexity index is 836. The van der Waals surface area contributed by atoms with E-state index < -0.39 is 0 Å². The summed E-state index contributed by atoms with van der Waals surface area (Å²) in [5.41, 5.74) is 2.21. The first-order valence-corrected chi connectivity index (χ1v) is 8.54. The number of rotatable bonds is 8. The molecular formula is C19H22N4O3. The second-order valence-corrected chi connectivity index (χ2v) is 5.97. The number of carbonyl (C=O) groups excluding carboxylic acids is 1. The summed E-state index contributed by atoms with van der Waals surface area (Å²) in [6.45, 7) is 5.35. The fourth-order valence-electron chi connectivity index (χ4n) is 2.61. The predicted octanol–water partition coefficient (Wildman–Crippen LogP) is 2.89. The number of hydrogen-bond acceptors (Lipinski definition) is 5. The van der Waals surface area contributed by atoms with Gasteiger partial charge in [0.15, 0.2) is 0 Å². The maximum Gasteiger partial charge on any atom is 0.255 e. The van der Waals surface area contributed by atoms with E-state index in [-0.39, 0.29) is 5.91 Å². The Balaban J connectivity index is 1.56. The number of aryl methyl sites for hydroxylation is 3. The first kappa shape index (κ1) is 17.7. The standard InChI is InChI=1S/C19H22N4O3/c1-14-17(15(2)26-22-14)13-25-18-8-4-3-7-16(18)19(24)20-9-5-11-23-12-6-10-21-23/h3-4,6-8,10,12H,5,9,11,13H2,1-2H3,(H,20,24). The van der Waals surface area contributed by atoms with Crippen LogP contribution >= 0.6 is 0 Å². The van der Waals surface area contributed by atoms with Crippen LogP contribution in [0.2, 0.25) is 0 Å². The van der Waals surface area contributed by atoms with Crippen molar-refractivity contribution in [2.24, 2.45) is 0 Å². The van der Waals surface area contributed by atoms with Gasteiger partial charge in [-0.2, -0.15) is 5.10 Å². The number of nitrogens with zero attached hydrogens (tertiary/aromatic N) is 3. The molecule has 1 N–H and O–H groups in total. The number of hydrogen-bond donors (Lipinski definition) is 1. The molecule has 0 aliphatic rings. The normalized spacial score (nSPS) is 10.7. The highest BCUT2D eigenvalue weighted by molar-refractivity contribution is 5.96. The Morgan fingerprint density at radius 2 is 2.12 bits per heavy atom. The number of aromatic nitrogens is 3. The average Bonchev–Trinajstić information content (AvgIpc) is 3.27. The molecule has 0 atom stereocenters. The third kappa shape index (κ3) is 4.30. The number of nitrogens with one attached hydrogen (secondary N) is 1. The molecule has 0 aliphatic heterocycles. The molecule has 0 bridgehead atoms. The van der Waals surface area contributed by atoms with Crippen LogP contribution in [0.25, 0.3) is 0 Å². The minimum absolute atomic E-state index is 0.153. The van der Waals surface area contributed by atoms with Crippen molar-refractivity contribution in [1.82, 2.24) is 20.3 Å². The van der Waals surface area contributed by atoms with Crippen LogP contribution in [0.1, 0.15) is 33.8 Å². The van der Waals surface area contributed by atoms with Gasteiger partial charge in [0.05, 0.1) is 16.8 Å². The van der Waals surface area contributed by atoms with Crippen LogP contribution in [-0.4, -0.2) is 27.4 Å². The Kier molecular flexibility index (Phi) is 5.68. The summed E-state index contributed by atoms with van der Waals surface area (Å²) >= 11 is 0. The highest BCUT2D eigenvalue weighted by Gasteiger charge is 2.14. The van der Waals surface area contributed by atoms with Gasteiger partial charge in [0.1, 0.15) is 18.1 Å². The smallest absolute Gasteiger partial charge is 0.255 e. The summed E-state index contributed by atoms with van der Waals surface area (Å²) < 4.78 is 12.8. The van der Waals surface area contributed by atoms with Gasteiger partial charge in [0.2, 0.25) is 0 Å². The van der Waals surface area contributed by atoms with Gasteiger partial charge in [-0.3, -0.25) is 9.48 Å². The molecule has 7 heteroatoms. The third-order valence-corrected chi connectivity index (χ3v) is 4.09. The van der Waals surface area contributed by atoms with E-state index >= 15 is 0 Å². The van der Waals surface area contributed by atoms with Crippen LogP contribution in [-0.2, 0) is 13.2 Å². The molecule has 0 aliphatic carbocycles. The summed E-state index contributed by atoms with van der Waals surface area (Å²) in [5, 5.41) is 11.0. The van der Waals surface area contributed by atoms with Gasteiger partial charge >= 0.3 is 0 Å². The monoisotopic (exact) mass is 354 g/mol. The molecule has 0 fully saturated rings. The first-order valence-electron chi connectivity index (χ1n) is 8.54. The quantitative estimate of drug-likeness (QED) is 0.629. The lowest BCUT2D eigenvalue weighted by Crippen LogP contribution is -2.25. The molecule has 0 saturated heterocycles. The van der Waals surface area contributed by atoms with E-state index in [2.05, 4.69) is 15.6 Å². The summed E-state index contributed by atoms with van der Waals surface area (Å²) in [7, 11) is 0. The largest absolute Gasteiger partial charge is 0.488 e. The summed E-state index contributed by atoms with van der Waals surface area (Å²) in [4.78, 5) is 12.5. The van der Waals surface area contributed by atoms with E-state index in [0.717, 1.165) is 30.0 Å². The SMILES string of the molecule is Cc1noc(C)c1COc1ccccc1C(=O)NCCCn1cccn1. The zero-order valence-electron chi connectivity index (χ0n) is 14.9. The van der Waals surface area contributed by atoms with Crippen LogP contribution in [0.3, 0.4) is 0 Å². The van der Waals surface area contributed by atoms with E-state index in [1.807, 2.05) is 42.9 Å². The summed E-state index contributed by atoms with van der Waals surface area (Å²) in [5.74, 6) is 1.11. The molecule has 2 aromatic heterocycles. The van der Waals surface area contributed by atoms with Gasteiger partial charge in [-0.05, 0) is 38.5 Å². The molecule has 26 heavy (non-hydrogen) atoms. The molecule has 2 heterocycles. The highest BCUT2D eigenvalue weighted by atomic mass is 16.5. The third-order valence-electron chi connectivity index (χ3n) is 4.09. The number of ether oxygens (including phenoxy) is 1. The molecule has 3 aromatic rings. The van der Waals surface area contributed by atoms with Crippen molar-refractivity contribution in [2.75, 3.05) is 6.54 Å². The molecule has 0 saturated carbocycles. The zero-order valence-corrected chi connectivity index (χ0v) is 14.9. The fraction of sp³-hybridized carbons (Fsp3) is 0.316. The maximum absolute atomic E-state index is 12.5. The van der Waals surface area contributed by atoms with Crippen molar-refractivity contribution in [2.45, 2.75) is 33.4 Å². The maximum atomic E-state index is 12.5. The van der Waals surface area contributed by atoms with Crippen LogP contribution in [0.4, 0.5) is 0 Å². The molecule has 0 radical (unpaired) electrons. The topological polar surface area (TPSA) is 82.2 Å². The zero-order chi connectivity index (χ0) is 18.4. The second kappa shape index (κ2) is 8.33. The second-order valence-electron chi connectivity index (χ2n) is 5.97. The van der Waals surface area contributed by atoms with Gasteiger partial charge in [-0.15, -0.1) is 0 Å². The Hall–Kier alpha value is -3.09. The molecule has 1 aromatic carbocycles. The van der Waals surface area contributed by atoms with E-state index in [9.17, 15) is 4.79 Å². The van der Waals surface area contributed by atoms with E-state index in [1.54, 1.807) is 18.3 Å². The average molecular weight is 354 g/mol. The molecule has 0 spiro atoms. The van der Waals surface area contributed by atoms with Gasteiger partial charge < -0.3 is 14.6 Å². The molecular weight excluding hydrogens is 332 g/mol. The minimum atomic E-state index is -0.153. The Labute approximate surface area is 151 Å². The van der Waals surface area contributed by atoms with Crippen LogP contribution < -0.4 is 10.1 Å². The van der Waals surface area contributed by atoms with Crippen LogP contribution in [0.15, 0.2) is 47.2 Å². The summed E-state index contributed by atoms with van der Waals surface area (Å²) in [6.07, 6.45) is 4.44. The Morgan fingerprint density at radius 3 is 2.85 bits per heavy atom. The Morgan fingerprint density at radius 1 is 1.27 bits per heavy atom. The van der Waals surface area contributed by atoms with E-state index in [4.69, 9.17) is 9.26 Å². The molecule has 136 valence electrons. The molecule has 1 amide bonds. The number of para-hydroxylation sites is 1.